The Morgan fingerprint density at radius 1 is 0.875 bits per heavy atom. The third-order valence-electron chi connectivity index (χ3n) is 1.55. The van der Waals surface area contributed by atoms with Gasteiger partial charge >= 0.3 is 0 Å². The molecule has 0 radical (unpaired) electrons. The van der Waals surface area contributed by atoms with Crippen molar-refractivity contribution in [1.82, 2.24) is 0 Å². The van der Waals surface area contributed by atoms with Gasteiger partial charge in [-0.05, 0) is 12.8 Å². The first-order valence-corrected chi connectivity index (χ1v) is 2.76. The topological polar surface area (TPSA) is 60.7 Å². The van der Waals surface area contributed by atoms with Crippen LogP contribution >= 0.6 is 0 Å². The third-order valence-corrected chi connectivity index (χ3v) is 1.55. The maximum Gasteiger partial charge on any atom is 0.106 e. The van der Waals surface area contributed by atoms with Gasteiger partial charge in [0.1, 0.15) is 6.10 Å². The zero-order chi connectivity index (χ0) is 6.15. The van der Waals surface area contributed by atoms with E-state index in [2.05, 4.69) is 0 Å². The van der Waals surface area contributed by atoms with Crippen molar-refractivity contribution in [1.29, 1.82) is 0 Å². The van der Waals surface area contributed by atoms with E-state index in [1.165, 1.54) is 0 Å². The Balaban J connectivity index is 2.44. The van der Waals surface area contributed by atoms with Gasteiger partial charge < -0.3 is 15.3 Å². The summed E-state index contributed by atoms with van der Waals surface area (Å²) >= 11 is 0. The smallest absolute Gasteiger partial charge is 0.106 e. The summed E-state index contributed by atoms with van der Waals surface area (Å²) in [5.41, 5.74) is 0. The largest absolute Gasteiger partial charge is 0.390 e. The molecule has 3 heteroatoms. The first-order valence-electron chi connectivity index (χ1n) is 2.76. The second kappa shape index (κ2) is 2.01. The van der Waals surface area contributed by atoms with E-state index in [4.69, 9.17) is 15.3 Å². The lowest BCUT2D eigenvalue weighted by Gasteiger charge is -2.08. The fourth-order valence-corrected chi connectivity index (χ4v) is 0.939. The molecule has 0 spiro atoms. The van der Waals surface area contributed by atoms with Gasteiger partial charge in [0, 0.05) is 0 Å². The molecule has 0 aromatic heterocycles. The second-order valence-electron chi connectivity index (χ2n) is 2.20. The predicted octanol–water partition coefficient (Wildman–Crippen LogP) is -1.14. The first-order chi connectivity index (χ1) is 3.72. The SMILES string of the molecule is OC1[C@H](O)CC[C@H]1O. The Morgan fingerprint density at radius 2 is 1.25 bits per heavy atom. The normalized spacial score (nSPS) is 40.9. The van der Waals surface area contributed by atoms with Crippen molar-refractivity contribution in [2.24, 2.45) is 0 Å². The number of aliphatic hydroxyl groups excluding tert-OH is 3. The van der Waals surface area contributed by atoms with E-state index in [1.807, 2.05) is 0 Å². The highest BCUT2D eigenvalue weighted by Crippen LogP contribution is 2.18. The Bertz CT molecular complexity index is 73.7. The van der Waals surface area contributed by atoms with Crippen LogP contribution in [-0.4, -0.2) is 33.6 Å². The highest BCUT2D eigenvalue weighted by atomic mass is 16.4. The van der Waals surface area contributed by atoms with Crippen LogP contribution in [-0.2, 0) is 0 Å². The number of rotatable bonds is 0. The molecule has 0 aromatic carbocycles. The molecule has 0 bridgehead atoms. The van der Waals surface area contributed by atoms with Crippen molar-refractivity contribution in [2.45, 2.75) is 31.2 Å². The van der Waals surface area contributed by atoms with Gasteiger partial charge in [-0.2, -0.15) is 0 Å². The van der Waals surface area contributed by atoms with E-state index in [9.17, 15) is 0 Å². The van der Waals surface area contributed by atoms with Crippen LogP contribution < -0.4 is 0 Å². The van der Waals surface area contributed by atoms with Crippen molar-refractivity contribution >= 4 is 0 Å². The molecule has 3 nitrogen and oxygen atoms in total. The number of aliphatic hydroxyl groups is 3. The average molecular weight is 118 g/mol. The van der Waals surface area contributed by atoms with Crippen molar-refractivity contribution in [3.05, 3.63) is 0 Å². The monoisotopic (exact) mass is 118 g/mol. The minimum atomic E-state index is -0.907. The second-order valence-corrected chi connectivity index (χ2v) is 2.20. The lowest BCUT2D eigenvalue weighted by Crippen LogP contribution is -2.28. The summed E-state index contributed by atoms with van der Waals surface area (Å²) in [6.45, 7) is 0. The van der Waals surface area contributed by atoms with Gasteiger partial charge in [0.2, 0.25) is 0 Å². The molecule has 1 rings (SSSR count). The molecular formula is C5H10O3. The van der Waals surface area contributed by atoms with E-state index in [-0.39, 0.29) is 0 Å². The zero-order valence-corrected chi connectivity index (χ0v) is 4.49. The van der Waals surface area contributed by atoms with Crippen LogP contribution in [0.4, 0.5) is 0 Å². The van der Waals surface area contributed by atoms with E-state index in [0.717, 1.165) is 0 Å². The standard InChI is InChI=1S/C5H10O3/c6-3-1-2-4(7)5(3)8/h3-8H,1-2H2/t3-,4-/m1/s1. The van der Waals surface area contributed by atoms with Gasteiger partial charge in [0.15, 0.2) is 0 Å². The molecule has 0 aliphatic heterocycles. The molecule has 0 aromatic rings. The van der Waals surface area contributed by atoms with Gasteiger partial charge in [-0.3, -0.25) is 0 Å². The molecular weight excluding hydrogens is 108 g/mol. The fraction of sp³-hybridized carbons (Fsp3) is 1.00. The van der Waals surface area contributed by atoms with Crippen molar-refractivity contribution < 1.29 is 15.3 Å². The fourth-order valence-electron chi connectivity index (χ4n) is 0.939. The molecule has 2 atom stereocenters. The summed E-state index contributed by atoms with van der Waals surface area (Å²) in [7, 11) is 0. The molecule has 0 heterocycles. The molecule has 1 fully saturated rings. The highest BCUT2D eigenvalue weighted by Gasteiger charge is 2.31. The van der Waals surface area contributed by atoms with Crippen LogP contribution in [0.25, 0.3) is 0 Å². The minimum absolute atomic E-state index is 0.516. The Kier molecular flexibility index (Phi) is 1.51. The number of hydrogen-bond acceptors (Lipinski definition) is 3. The van der Waals surface area contributed by atoms with Gasteiger partial charge in [-0.25, -0.2) is 0 Å². The Morgan fingerprint density at radius 3 is 1.38 bits per heavy atom. The highest BCUT2D eigenvalue weighted by molar-refractivity contribution is 4.83. The van der Waals surface area contributed by atoms with Gasteiger partial charge in [-0.1, -0.05) is 0 Å². The van der Waals surface area contributed by atoms with Gasteiger partial charge in [0.25, 0.3) is 0 Å². The van der Waals surface area contributed by atoms with Crippen LogP contribution in [0.5, 0.6) is 0 Å². The summed E-state index contributed by atoms with van der Waals surface area (Å²) in [5.74, 6) is 0. The maximum atomic E-state index is 8.77. The third kappa shape index (κ3) is 0.844. The zero-order valence-electron chi connectivity index (χ0n) is 4.49. The lowest BCUT2D eigenvalue weighted by molar-refractivity contribution is -0.0182. The minimum Gasteiger partial charge on any atom is -0.390 e. The van der Waals surface area contributed by atoms with Crippen LogP contribution in [0.3, 0.4) is 0 Å². The summed E-state index contributed by atoms with van der Waals surface area (Å²) in [5, 5.41) is 26.3. The molecule has 48 valence electrons. The van der Waals surface area contributed by atoms with Crippen molar-refractivity contribution in [2.75, 3.05) is 0 Å². The molecule has 1 aliphatic carbocycles. The molecule has 3 N–H and O–H groups in total. The van der Waals surface area contributed by atoms with Crippen LogP contribution in [0.15, 0.2) is 0 Å². The van der Waals surface area contributed by atoms with Crippen LogP contribution in [0.2, 0.25) is 0 Å². The van der Waals surface area contributed by atoms with Crippen LogP contribution in [0, 0.1) is 0 Å². The van der Waals surface area contributed by atoms with Crippen LogP contribution in [0.1, 0.15) is 12.8 Å². The van der Waals surface area contributed by atoms with Crippen molar-refractivity contribution in [3.8, 4) is 0 Å². The van der Waals surface area contributed by atoms with E-state index in [1.54, 1.807) is 0 Å². The van der Waals surface area contributed by atoms with Crippen molar-refractivity contribution in [3.63, 3.8) is 0 Å². The molecule has 0 unspecified atom stereocenters. The molecule has 0 amide bonds. The summed E-state index contributed by atoms with van der Waals surface area (Å²) in [4.78, 5) is 0. The van der Waals surface area contributed by atoms with E-state index >= 15 is 0 Å². The predicted molar refractivity (Wildman–Crippen MR) is 27.3 cm³/mol. The Hall–Kier alpha value is -0.120. The van der Waals surface area contributed by atoms with E-state index in [0.29, 0.717) is 12.8 Å². The molecule has 0 saturated heterocycles. The molecule has 8 heavy (non-hydrogen) atoms. The number of hydrogen-bond donors (Lipinski definition) is 3. The average Bonchev–Trinajstić information content (AvgIpc) is 1.98. The molecule has 1 saturated carbocycles. The quantitative estimate of drug-likeness (QED) is 0.377. The van der Waals surface area contributed by atoms with Gasteiger partial charge in [-0.15, -0.1) is 0 Å². The Labute approximate surface area is 47.6 Å². The summed E-state index contributed by atoms with van der Waals surface area (Å²) in [6, 6.07) is 0. The van der Waals surface area contributed by atoms with Gasteiger partial charge in [0.05, 0.1) is 12.2 Å². The summed E-state index contributed by atoms with van der Waals surface area (Å²) < 4.78 is 0. The molecule has 1 aliphatic rings. The lowest BCUT2D eigenvalue weighted by atomic mass is 10.2. The van der Waals surface area contributed by atoms with E-state index < -0.39 is 18.3 Å². The maximum absolute atomic E-state index is 8.77. The summed E-state index contributed by atoms with van der Waals surface area (Å²) in [6.07, 6.45) is -1.28. The first kappa shape index (κ1) is 6.01.